The van der Waals surface area contributed by atoms with Gasteiger partial charge in [0.2, 0.25) is 5.91 Å². The summed E-state index contributed by atoms with van der Waals surface area (Å²) in [6, 6.07) is 15.0. The van der Waals surface area contributed by atoms with Gasteiger partial charge in [0.1, 0.15) is 11.3 Å². The van der Waals surface area contributed by atoms with Crippen LogP contribution in [0.4, 0.5) is 10.5 Å². The van der Waals surface area contributed by atoms with Crippen LogP contribution in [0, 0.1) is 18.8 Å². The first-order valence-electron chi connectivity index (χ1n) is 17.8. The maximum Gasteiger partial charge on any atom is 0.407 e. The topological polar surface area (TPSA) is 192 Å². The van der Waals surface area contributed by atoms with E-state index in [0.717, 1.165) is 16.7 Å². The van der Waals surface area contributed by atoms with Crippen molar-refractivity contribution in [1.82, 2.24) is 25.6 Å². The number of nitrogens with zero attached hydrogens (tertiary/aromatic N) is 2. The lowest BCUT2D eigenvalue weighted by molar-refractivity contribution is -0.130. The second-order valence-electron chi connectivity index (χ2n) is 14.9. The van der Waals surface area contributed by atoms with E-state index in [9.17, 15) is 24.0 Å². The third-order valence-corrected chi connectivity index (χ3v) is 9.10. The summed E-state index contributed by atoms with van der Waals surface area (Å²) in [5.74, 6) is -1.37. The van der Waals surface area contributed by atoms with E-state index in [1.165, 1.54) is 4.90 Å². The van der Waals surface area contributed by atoms with Crippen molar-refractivity contribution >= 4 is 40.5 Å². The SMILES string of the molecule is Cc1nc(C(=O)NC(C)C)ccc1-c1ccc(C[C@H](N)C(=O)N(c2ccc3[nH]c(=O)[nH]c3c2)C(=O)[C@H]2CC[C@H](CNC(=O)OC(C)(C)C)CC2)cc1. The van der Waals surface area contributed by atoms with Gasteiger partial charge in [-0.15, -0.1) is 0 Å². The molecular weight excluding hydrogens is 662 g/mol. The molecule has 0 spiro atoms. The minimum atomic E-state index is -1.03. The molecule has 0 radical (unpaired) electrons. The Balaban J connectivity index is 1.29. The van der Waals surface area contributed by atoms with Gasteiger partial charge in [0, 0.05) is 29.8 Å². The summed E-state index contributed by atoms with van der Waals surface area (Å²) in [7, 11) is 0. The molecule has 5 rings (SSSR count). The zero-order valence-corrected chi connectivity index (χ0v) is 30.7. The highest BCUT2D eigenvalue weighted by molar-refractivity contribution is 6.17. The second kappa shape index (κ2) is 15.9. The van der Waals surface area contributed by atoms with E-state index in [2.05, 4.69) is 25.6 Å². The number of pyridine rings is 1. The minimum Gasteiger partial charge on any atom is -0.444 e. The fourth-order valence-electron chi connectivity index (χ4n) is 6.52. The van der Waals surface area contributed by atoms with Gasteiger partial charge < -0.3 is 31.1 Å². The molecule has 1 aliphatic carbocycles. The normalized spacial score (nSPS) is 16.7. The number of nitrogens with two attached hydrogens (primary N) is 1. The highest BCUT2D eigenvalue weighted by atomic mass is 16.6. The summed E-state index contributed by atoms with van der Waals surface area (Å²) in [5.41, 5.74) is 10.5. The molecule has 1 atom stereocenters. The van der Waals surface area contributed by atoms with Crippen molar-refractivity contribution in [2.45, 2.75) is 91.3 Å². The smallest absolute Gasteiger partial charge is 0.407 e. The quantitative estimate of drug-likeness (QED) is 0.150. The van der Waals surface area contributed by atoms with Gasteiger partial charge in [0.05, 0.1) is 22.8 Å². The summed E-state index contributed by atoms with van der Waals surface area (Å²) in [4.78, 5) is 75.9. The number of imide groups is 1. The largest absolute Gasteiger partial charge is 0.444 e. The molecule has 276 valence electrons. The lowest BCUT2D eigenvalue weighted by Gasteiger charge is -2.32. The number of alkyl carbamates (subject to hydrolysis) is 1. The van der Waals surface area contributed by atoms with E-state index in [-0.39, 0.29) is 30.2 Å². The zero-order chi connectivity index (χ0) is 37.7. The average Bonchev–Trinajstić information content (AvgIpc) is 3.46. The number of nitrogens with one attached hydrogen (secondary N) is 4. The van der Waals surface area contributed by atoms with Crippen LogP contribution in [0.15, 0.2) is 59.4 Å². The fraction of sp³-hybridized carbons (Fsp3) is 0.436. The number of fused-ring (bicyclic) bond motifs is 1. The monoisotopic (exact) mass is 711 g/mol. The van der Waals surface area contributed by atoms with E-state index < -0.39 is 35.3 Å². The number of aryl methyl sites for hydroxylation is 1. The molecule has 4 amide bonds. The molecule has 0 bridgehead atoms. The number of hydrogen-bond acceptors (Lipinski definition) is 8. The molecule has 52 heavy (non-hydrogen) atoms. The van der Waals surface area contributed by atoms with Crippen LogP contribution in [0.5, 0.6) is 0 Å². The lowest BCUT2D eigenvalue weighted by atomic mass is 9.81. The first kappa shape index (κ1) is 37.9. The van der Waals surface area contributed by atoms with Crippen molar-refractivity contribution in [3.8, 4) is 11.1 Å². The van der Waals surface area contributed by atoms with E-state index in [0.29, 0.717) is 60.3 Å². The number of amides is 4. The number of hydrogen-bond donors (Lipinski definition) is 5. The first-order chi connectivity index (χ1) is 24.6. The molecular formula is C39H49N7O6. The number of H-pyrrole nitrogens is 2. The van der Waals surface area contributed by atoms with Gasteiger partial charge >= 0.3 is 11.8 Å². The van der Waals surface area contributed by atoms with Gasteiger partial charge in [-0.2, -0.15) is 0 Å². The molecule has 2 heterocycles. The predicted molar refractivity (Wildman–Crippen MR) is 200 cm³/mol. The highest BCUT2D eigenvalue weighted by Crippen LogP contribution is 2.32. The van der Waals surface area contributed by atoms with Crippen LogP contribution in [0.25, 0.3) is 22.2 Å². The van der Waals surface area contributed by atoms with E-state index in [1.54, 1.807) is 45.0 Å². The first-order valence-corrected chi connectivity index (χ1v) is 17.8. The molecule has 13 nitrogen and oxygen atoms in total. The van der Waals surface area contributed by atoms with Gasteiger partial charge in [-0.25, -0.2) is 19.5 Å². The Kier molecular flexibility index (Phi) is 11.6. The maximum atomic E-state index is 14.2. The van der Waals surface area contributed by atoms with E-state index in [1.807, 2.05) is 51.1 Å². The van der Waals surface area contributed by atoms with Gasteiger partial charge in [-0.3, -0.25) is 14.4 Å². The fourth-order valence-corrected chi connectivity index (χ4v) is 6.52. The Morgan fingerprint density at radius 1 is 0.962 bits per heavy atom. The number of carbonyl (C=O) groups excluding carboxylic acids is 4. The van der Waals surface area contributed by atoms with Crippen molar-refractivity contribution in [2.24, 2.45) is 17.6 Å². The van der Waals surface area contributed by atoms with Crippen molar-refractivity contribution in [3.63, 3.8) is 0 Å². The summed E-state index contributed by atoms with van der Waals surface area (Å²) in [6.45, 7) is 11.5. The zero-order valence-electron chi connectivity index (χ0n) is 30.7. The molecule has 1 saturated carbocycles. The standard InChI is InChI=1S/C39H49N7O6/c1-22(2)42-34(47)32-18-16-29(23(3)43-32)26-11-7-24(8-12-26)19-30(40)36(49)46(28-15-17-31-33(20-28)45-37(50)44-31)35(48)27-13-9-25(10-14-27)21-41-38(51)52-39(4,5)6/h7-8,11-12,15-18,20,22,25,27,30H,9-10,13-14,19,21,40H2,1-6H3,(H,41,51)(H,42,47)(H2,44,45,50)/t25-,27-,30-/m0/s1. The summed E-state index contributed by atoms with van der Waals surface area (Å²) in [6.07, 6.45) is 2.18. The van der Waals surface area contributed by atoms with Crippen LogP contribution in [0.2, 0.25) is 0 Å². The Labute approximate surface area is 303 Å². The Bertz CT molecular complexity index is 1980. The van der Waals surface area contributed by atoms with Crippen molar-refractivity contribution in [1.29, 1.82) is 0 Å². The predicted octanol–water partition coefficient (Wildman–Crippen LogP) is 5.13. The molecule has 2 aromatic carbocycles. The lowest BCUT2D eigenvalue weighted by Crippen LogP contribution is -2.50. The Morgan fingerprint density at radius 2 is 1.63 bits per heavy atom. The highest BCUT2D eigenvalue weighted by Gasteiger charge is 2.35. The van der Waals surface area contributed by atoms with Crippen molar-refractivity contribution in [3.05, 3.63) is 82.0 Å². The van der Waals surface area contributed by atoms with Crippen LogP contribution >= 0.6 is 0 Å². The minimum absolute atomic E-state index is 0.0000543. The van der Waals surface area contributed by atoms with E-state index in [4.69, 9.17) is 10.5 Å². The van der Waals surface area contributed by atoms with Crippen molar-refractivity contribution in [2.75, 3.05) is 11.4 Å². The van der Waals surface area contributed by atoms with Crippen LogP contribution in [-0.2, 0) is 20.7 Å². The summed E-state index contributed by atoms with van der Waals surface area (Å²) < 4.78 is 5.34. The molecule has 0 saturated heterocycles. The average molecular weight is 712 g/mol. The van der Waals surface area contributed by atoms with Gasteiger partial charge in [0.25, 0.3) is 11.8 Å². The number of rotatable bonds is 10. The van der Waals surface area contributed by atoms with E-state index >= 15 is 0 Å². The summed E-state index contributed by atoms with van der Waals surface area (Å²) >= 11 is 0. The van der Waals surface area contributed by atoms with Gasteiger partial charge in [-0.05, 0) is 115 Å². The molecule has 0 aliphatic heterocycles. The molecule has 13 heteroatoms. The van der Waals surface area contributed by atoms with Crippen molar-refractivity contribution < 1.29 is 23.9 Å². The number of aromatic amines is 2. The molecule has 0 unspecified atom stereocenters. The number of imidazole rings is 1. The summed E-state index contributed by atoms with van der Waals surface area (Å²) in [5, 5.41) is 5.68. The third kappa shape index (κ3) is 9.52. The third-order valence-electron chi connectivity index (χ3n) is 9.10. The van der Waals surface area contributed by atoms with Gasteiger partial charge in [0.15, 0.2) is 0 Å². The number of carbonyl (C=O) groups is 4. The van der Waals surface area contributed by atoms with Crippen LogP contribution in [0.1, 0.15) is 82.0 Å². The van der Waals surface area contributed by atoms with Crippen LogP contribution < -0.4 is 27.0 Å². The second-order valence-corrected chi connectivity index (χ2v) is 14.9. The van der Waals surface area contributed by atoms with Crippen LogP contribution in [0.3, 0.4) is 0 Å². The number of anilines is 1. The van der Waals surface area contributed by atoms with Gasteiger partial charge in [-0.1, -0.05) is 30.3 Å². The number of ether oxygens (including phenoxy) is 1. The Morgan fingerprint density at radius 3 is 2.27 bits per heavy atom. The number of aromatic nitrogens is 3. The molecule has 1 aliphatic rings. The Hall–Kier alpha value is -5.30. The number of benzene rings is 2. The molecule has 1 fully saturated rings. The molecule has 4 aromatic rings. The maximum absolute atomic E-state index is 14.2. The molecule has 2 aromatic heterocycles. The molecule has 6 N–H and O–H groups in total. The van der Waals surface area contributed by atoms with Crippen LogP contribution in [-0.4, -0.2) is 63.0 Å².